The number of nitrogens with zero attached hydrogens (tertiary/aromatic N) is 2. The summed E-state index contributed by atoms with van der Waals surface area (Å²) in [6.07, 6.45) is 6.38. The van der Waals surface area contributed by atoms with Crippen LogP contribution in [0.5, 0.6) is 5.75 Å². The van der Waals surface area contributed by atoms with Crippen molar-refractivity contribution in [3.8, 4) is 5.75 Å². The number of likely N-dealkylation sites (N-methyl/N-ethyl adjacent to an activating group) is 1. The second kappa shape index (κ2) is 11.5. The second-order valence-corrected chi connectivity index (χ2v) is 8.11. The van der Waals surface area contributed by atoms with Crippen LogP contribution < -0.4 is 15.4 Å². The number of benzene rings is 1. The Kier molecular flexibility index (Phi) is 8.41. The number of hydrogen-bond donors (Lipinski definition) is 2. The number of rotatable bonds is 7. The topological polar surface area (TPSA) is 83.6 Å². The molecule has 1 aliphatic heterocycles. The Morgan fingerprint density at radius 2 is 1.97 bits per heavy atom. The van der Waals surface area contributed by atoms with Crippen molar-refractivity contribution in [3.63, 3.8) is 0 Å². The first-order chi connectivity index (χ1) is 15.0. The fourth-order valence-electron chi connectivity index (χ4n) is 3.84. The molecule has 0 bridgehead atoms. The summed E-state index contributed by atoms with van der Waals surface area (Å²) >= 11 is 0. The molecule has 2 N–H and O–H groups in total. The van der Waals surface area contributed by atoms with Gasteiger partial charge in [0.05, 0.1) is 7.11 Å². The lowest BCUT2D eigenvalue weighted by Crippen LogP contribution is -2.41. The third-order valence-corrected chi connectivity index (χ3v) is 5.76. The molecule has 7 nitrogen and oxygen atoms in total. The van der Waals surface area contributed by atoms with Gasteiger partial charge in [0.1, 0.15) is 5.75 Å². The zero-order chi connectivity index (χ0) is 22.1. The maximum absolute atomic E-state index is 12.8. The zero-order valence-corrected chi connectivity index (χ0v) is 18.3. The number of pyridine rings is 1. The molecule has 2 amide bonds. The fourth-order valence-corrected chi connectivity index (χ4v) is 3.84. The Balaban J connectivity index is 1.53. The van der Waals surface area contributed by atoms with Crippen LogP contribution in [0.4, 0.5) is 0 Å². The van der Waals surface area contributed by atoms with Crippen LogP contribution in [0.2, 0.25) is 0 Å². The average Bonchev–Trinajstić information content (AvgIpc) is 2.87. The first-order valence-electron chi connectivity index (χ1n) is 10.8. The molecule has 3 rings (SSSR count). The Bertz CT molecular complexity index is 842. The summed E-state index contributed by atoms with van der Waals surface area (Å²) in [6, 6.07) is 11.8. The van der Waals surface area contributed by atoms with E-state index in [2.05, 4.69) is 15.6 Å². The molecule has 7 heteroatoms. The van der Waals surface area contributed by atoms with E-state index < -0.39 is 0 Å². The Hall–Kier alpha value is -2.93. The molecule has 0 saturated carbocycles. The maximum Gasteiger partial charge on any atom is 0.223 e. The molecular formula is C24H32N4O3. The maximum atomic E-state index is 12.8. The first kappa shape index (κ1) is 22.7. The van der Waals surface area contributed by atoms with E-state index in [1.54, 1.807) is 18.2 Å². The SMILES string of the molecule is COc1ccc(CNC(=O)C2CCCC(NCc3cccnc3)CN(C)C(=O)C2)cc1. The van der Waals surface area contributed by atoms with Gasteiger partial charge < -0.3 is 20.3 Å². The summed E-state index contributed by atoms with van der Waals surface area (Å²) in [5.41, 5.74) is 2.12. The third kappa shape index (κ3) is 7.07. The van der Waals surface area contributed by atoms with E-state index in [-0.39, 0.29) is 30.2 Å². The lowest BCUT2D eigenvalue weighted by molar-refractivity contribution is -0.135. The van der Waals surface area contributed by atoms with Gasteiger partial charge in [0.25, 0.3) is 0 Å². The van der Waals surface area contributed by atoms with Gasteiger partial charge in [-0.2, -0.15) is 0 Å². The van der Waals surface area contributed by atoms with Crippen molar-refractivity contribution in [2.45, 2.75) is 44.8 Å². The van der Waals surface area contributed by atoms with Crippen LogP contribution in [-0.2, 0) is 22.7 Å². The lowest BCUT2D eigenvalue weighted by Gasteiger charge is -2.24. The minimum atomic E-state index is -0.301. The van der Waals surface area contributed by atoms with Gasteiger partial charge in [-0.25, -0.2) is 0 Å². The summed E-state index contributed by atoms with van der Waals surface area (Å²) in [7, 11) is 3.44. The minimum Gasteiger partial charge on any atom is -0.497 e. The molecule has 31 heavy (non-hydrogen) atoms. The quantitative estimate of drug-likeness (QED) is 0.714. The molecule has 1 saturated heterocycles. The Labute approximate surface area is 184 Å². The highest BCUT2D eigenvalue weighted by atomic mass is 16.5. The molecule has 0 spiro atoms. The highest BCUT2D eigenvalue weighted by Gasteiger charge is 2.27. The molecule has 1 aliphatic rings. The van der Waals surface area contributed by atoms with E-state index >= 15 is 0 Å². The number of aromatic nitrogens is 1. The molecule has 0 aliphatic carbocycles. The van der Waals surface area contributed by atoms with Crippen molar-refractivity contribution in [1.29, 1.82) is 0 Å². The molecule has 2 unspecified atom stereocenters. The summed E-state index contributed by atoms with van der Waals surface area (Å²) in [5, 5.41) is 6.53. The van der Waals surface area contributed by atoms with Crippen LogP contribution in [0.25, 0.3) is 0 Å². The number of ether oxygens (including phenoxy) is 1. The molecule has 2 atom stereocenters. The van der Waals surface area contributed by atoms with Gasteiger partial charge in [-0.05, 0) is 42.2 Å². The summed E-state index contributed by atoms with van der Waals surface area (Å²) < 4.78 is 5.16. The molecular weight excluding hydrogens is 392 g/mol. The third-order valence-electron chi connectivity index (χ3n) is 5.76. The van der Waals surface area contributed by atoms with Gasteiger partial charge in [0, 0.05) is 57.5 Å². The highest BCUT2D eigenvalue weighted by Crippen LogP contribution is 2.19. The largest absolute Gasteiger partial charge is 0.497 e. The monoisotopic (exact) mass is 424 g/mol. The number of nitrogens with one attached hydrogen (secondary N) is 2. The first-order valence-corrected chi connectivity index (χ1v) is 10.8. The van der Waals surface area contributed by atoms with Crippen LogP contribution in [0.15, 0.2) is 48.8 Å². The van der Waals surface area contributed by atoms with E-state index in [4.69, 9.17) is 4.74 Å². The summed E-state index contributed by atoms with van der Waals surface area (Å²) in [5.74, 6) is 0.441. The molecule has 166 valence electrons. The van der Waals surface area contributed by atoms with Gasteiger partial charge in [-0.15, -0.1) is 0 Å². The summed E-state index contributed by atoms with van der Waals surface area (Å²) in [4.78, 5) is 31.4. The number of carbonyl (C=O) groups is 2. The van der Waals surface area contributed by atoms with Crippen LogP contribution in [0, 0.1) is 5.92 Å². The zero-order valence-electron chi connectivity index (χ0n) is 18.3. The molecule has 2 aromatic rings. The Morgan fingerprint density at radius 1 is 1.16 bits per heavy atom. The van der Waals surface area contributed by atoms with E-state index in [0.29, 0.717) is 26.1 Å². The van der Waals surface area contributed by atoms with Gasteiger partial charge in [0.2, 0.25) is 11.8 Å². The molecule has 2 heterocycles. The number of hydrogen-bond acceptors (Lipinski definition) is 5. The van der Waals surface area contributed by atoms with Gasteiger partial charge in [-0.1, -0.05) is 24.6 Å². The second-order valence-electron chi connectivity index (χ2n) is 8.11. The van der Waals surface area contributed by atoms with Crippen molar-refractivity contribution in [3.05, 3.63) is 59.9 Å². The number of carbonyl (C=O) groups excluding carboxylic acids is 2. The lowest BCUT2D eigenvalue weighted by atomic mass is 9.96. The van der Waals surface area contributed by atoms with E-state index in [0.717, 1.165) is 29.7 Å². The van der Waals surface area contributed by atoms with Gasteiger partial charge in [-0.3, -0.25) is 14.6 Å². The fraction of sp³-hybridized carbons (Fsp3) is 0.458. The van der Waals surface area contributed by atoms with Crippen molar-refractivity contribution in [2.24, 2.45) is 5.92 Å². The molecule has 1 fully saturated rings. The predicted molar refractivity (Wildman–Crippen MR) is 119 cm³/mol. The predicted octanol–water partition coefficient (Wildman–Crippen LogP) is 2.51. The highest BCUT2D eigenvalue weighted by molar-refractivity contribution is 5.85. The number of methoxy groups -OCH3 is 1. The molecule has 1 aromatic carbocycles. The Morgan fingerprint density at radius 3 is 2.68 bits per heavy atom. The minimum absolute atomic E-state index is 0.0136. The normalized spacial score (nSPS) is 19.8. The van der Waals surface area contributed by atoms with E-state index in [1.807, 2.05) is 49.6 Å². The van der Waals surface area contributed by atoms with Crippen molar-refractivity contribution in [2.75, 3.05) is 20.7 Å². The van der Waals surface area contributed by atoms with Gasteiger partial charge in [0.15, 0.2) is 0 Å². The van der Waals surface area contributed by atoms with Crippen molar-refractivity contribution in [1.82, 2.24) is 20.5 Å². The molecule has 0 radical (unpaired) electrons. The van der Waals surface area contributed by atoms with Crippen molar-refractivity contribution < 1.29 is 14.3 Å². The smallest absolute Gasteiger partial charge is 0.223 e. The average molecular weight is 425 g/mol. The van der Waals surface area contributed by atoms with E-state index in [9.17, 15) is 9.59 Å². The van der Waals surface area contributed by atoms with E-state index in [1.165, 1.54) is 0 Å². The molecule has 1 aromatic heterocycles. The van der Waals surface area contributed by atoms with Crippen LogP contribution in [0.3, 0.4) is 0 Å². The van der Waals surface area contributed by atoms with Gasteiger partial charge >= 0.3 is 0 Å². The number of amides is 2. The standard InChI is InChI=1S/C24H32N4O3/c1-28-17-21(26-16-19-5-4-12-25-14-19)7-3-6-20(13-23(28)29)24(30)27-15-18-8-10-22(31-2)11-9-18/h4-5,8-12,14,20-21,26H,3,6-7,13,15-17H2,1-2H3,(H,27,30). The van der Waals surface area contributed by atoms with Crippen LogP contribution in [0.1, 0.15) is 36.8 Å². The summed E-state index contributed by atoms with van der Waals surface area (Å²) in [6.45, 7) is 1.80. The van der Waals surface area contributed by atoms with Crippen molar-refractivity contribution >= 4 is 11.8 Å². The van der Waals surface area contributed by atoms with Crippen LogP contribution >= 0.6 is 0 Å². The van der Waals surface area contributed by atoms with Crippen LogP contribution in [-0.4, -0.2) is 48.4 Å².